The number of nitrogens with one attached hydrogen (secondary N) is 1. The van der Waals surface area contributed by atoms with E-state index in [1.807, 2.05) is 4.90 Å². The normalized spacial score (nSPS) is 24.3. The summed E-state index contributed by atoms with van der Waals surface area (Å²) in [6.07, 6.45) is 5.12. The predicted octanol–water partition coefficient (Wildman–Crippen LogP) is 1.00. The van der Waals surface area contributed by atoms with E-state index in [0.29, 0.717) is 19.0 Å². The molecule has 6 nitrogen and oxygen atoms in total. The first-order valence-electron chi connectivity index (χ1n) is 7.83. The maximum Gasteiger partial charge on any atom is 0.308 e. The highest BCUT2D eigenvalue weighted by molar-refractivity contribution is 5.89. The minimum absolute atomic E-state index is 0.0623. The molecule has 2 rings (SSSR count). The average Bonchev–Trinajstić information content (AvgIpc) is 3.07. The molecule has 0 spiro atoms. The number of carboxylic acids is 1. The summed E-state index contributed by atoms with van der Waals surface area (Å²) in [5.41, 5.74) is 0. The highest BCUT2D eigenvalue weighted by atomic mass is 16.4. The number of hydrogen-bond acceptors (Lipinski definition) is 3. The Morgan fingerprint density at radius 2 is 2.05 bits per heavy atom. The van der Waals surface area contributed by atoms with Crippen LogP contribution in [0.25, 0.3) is 0 Å². The largest absolute Gasteiger partial charge is 0.481 e. The van der Waals surface area contributed by atoms with Crippen LogP contribution in [-0.4, -0.2) is 46.9 Å². The first-order chi connectivity index (χ1) is 10.0. The number of amides is 2. The molecule has 2 atom stereocenters. The van der Waals surface area contributed by atoms with Gasteiger partial charge in [-0.3, -0.25) is 14.4 Å². The van der Waals surface area contributed by atoms with Crippen molar-refractivity contribution in [2.24, 2.45) is 11.8 Å². The zero-order valence-corrected chi connectivity index (χ0v) is 12.5. The molecule has 2 aliphatic rings. The van der Waals surface area contributed by atoms with Gasteiger partial charge in [-0.05, 0) is 19.3 Å². The third-order valence-corrected chi connectivity index (χ3v) is 4.66. The molecule has 0 radical (unpaired) electrons. The van der Waals surface area contributed by atoms with Crippen LogP contribution in [-0.2, 0) is 14.4 Å². The van der Waals surface area contributed by atoms with Crippen molar-refractivity contribution in [1.82, 2.24) is 10.2 Å². The van der Waals surface area contributed by atoms with E-state index in [-0.39, 0.29) is 30.7 Å². The predicted molar refractivity (Wildman–Crippen MR) is 76.5 cm³/mol. The van der Waals surface area contributed by atoms with E-state index in [2.05, 4.69) is 5.32 Å². The molecule has 6 heteroatoms. The number of nitrogens with zero attached hydrogens (tertiary/aromatic N) is 1. The third kappa shape index (κ3) is 3.74. The average molecular weight is 296 g/mol. The lowest BCUT2D eigenvalue weighted by atomic mass is 10.1. The molecular weight excluding hydrogens is 272 g/mol. The molecule has 0 aromatic heterocycles. The van der Waals surface area contributed by atoms with Crippen molar-refractivity contribution in [3.8, 4) is 0 Å². The maximum absolute atomic E-state index is 12.1. The maximum atomic E-state index is 12.1. The SMILES string of the molecule is CCC(CNC(=O)C1CC(=O)N(C2CCCC2)C1)C(=O)O. The first kappa shape index (κ1) is 15.8. The molecule has 2 N–H and O–H groups in total. The van der Waals surface area contributed by atoms with E-state index in [1.165, 1.54) is 0 Å². The lowest BCUT2D eigenvalue weighted by molar-refractivity contribution is -0.142. The number of likely N-dealkylation sites (tertiary alicyclic amines) is 1. The Labute approximate surface area is 124 Å². The van der Waals surface area contributed by atoms with E-state index >= 15 is 0 Å². The van der Waals surface area contributed by atoms with E-state index in [1.54, 1.807) is 6.92 Å². The number of rotatable bonds is 6. The fourth-order valence-corrected chi connectivity index (χ4v) is 3.25. The zero-order chi connectivity index (χ0) is 15.4. The number of carbonyl (C=O) groups is 3. The van der Waals surface area contributed by atoms with E-state index in [0.717, 1.165) is 25.7 Å². The Morgan fingerprint density at radius 3 is 2.62 bits per heavy atom. The van der Waals surface area contributed by atoms with Gasteiger partial charge in [-0.25, -0.2) is 0 Å². The Hall–Kier alpha value is -1.59. The third-order valence-electron chi connectivity index (χ3n) is 4.66. The molecule has 0 aromatic carbocycles. The molecule has 1 heterocycles. The summed E-state index contributed by atoms with van der Waals surface area (Å²) < 4.78 is 0. The van der Waals surface area contributed by atoms with Crippen molar-refractivity contribution in [3.05, 3.63) is 0 Å². The minimum Gasteiger partial charge on any atom is -0.481 e. The summed E-state index contributed by atoms with van der Waals surface area (Å²) in [6.45, 7) is 2.41. The van der Waals surface area contributed by atoms with Gasteiger partial charge in [-0.1, -0.05) is 19.8 Å². The van der Waals surface area contributed by atoms with Gasteiger partial charge < -0.3 is 15.3 Å². The van der Waals surface area contributed by atoms with Crippen LogP contribution < -0.4 is 5.32 Å². The van der Waals surface area contributed by atoms with Crippen LogP contribution in [0.1, 0.15) is 45.4 Å². The molecule has 2 fully saturated rings. The van der Waals surface area contributed by atoms with Crippen LogP contribution in [0.3, 0.4) is 0 Å². The van der Waals surface area contributed by atoms with Crippen LogP contribution in [0, 0.1) is 11.8 Å². The molecule has 21 heavy (non-hydrogen) atoms. The molecule has 0 bridgehead atoms. The molecule has 1 saturated carbocycles. The van der Waals surface area contributed by atoms with Gasteiger partial charge in [0.2, 0.25) is 11.8 Å². The van der Waals surface area contributed by atoms with Gasteiger partial charge >= 0.3 is 5.97 Å². The van der Waals surface area contributed by atoms with Crippen molar-refractivity contribution in [2.45, 2.75) is 51.5 Å². The lowest BCUT2D eigenvalue weighted by Gasteiger charge is -2.24. The van der Waals surface area contributed by atoms with E-state index in [4.69, 9.17) is 5.11 Å². The molecule has 1 saturated heterocycles. The number of carbonyl (C=O) groups excluding carboxylic acids is 2. The van der Waals surface area contributed by atoms with Gasteiger partial charge in [-0.15, -0.1) is 0 Å². The fourth-order valence-electron chi connectivity index (χ4n) is 3.25. The molecule has 0 aromatic rings. The second-order valence-electron chi connectivity index (χ2n) is 6.07. The van der Waals surface area contributed by atoms with E-state index < -0.39 is 11.9 Å². The van der Waals surface area contributed by atoms with Crippen molar-refractivity contribution in [2.75, 3.05) is 13.1 Å². The molecule has 118 valence electrons. The Bertz CT molecular complexity index is 418. The van der Waals surface area contributed by atoms with Gasteiger partial charge in [0.25, 0.3) is 0 Å². The van der Waals surface area contributed by atoms with Crippen molar-refractivity contribution in [1.29, 1.82) is 0 Å². The number of aliphatic carboxylic acids is 1. The second kappa shape index (κ2) is 6.91. The molecular formula is C15H24N2O4. The molecule has 1 aliphatic carbocycles. The summed E-state index contributed by atoms with van der Waals surface area (Å²) >= 11 is 0. The number of hydrogen-bond donors (Lipinski definition) is 2. The van der Waals surface area contributed by atoms with Crippen LogP contribution in [0.4, 0.5) is 0 Å². The minimum atomic E-state index is -0.895. The highest BCUT2D eigenvalue weighted by Gasteiger charge is 2.38. The van der Waals surface area contributed by atoms with E-state index in [9.17, 15) is 14.4 Å². The van der Waals surface area contributed by atoms with Crippen molar-refractivity contribution >= 4 is 17.8 Å². The summed E-state index contributed by atoms with van der Waals surface area (Å²) in [5, 5.41) is 11.7. The Morgan fingerprint density at radius 1 is 1.38 bits per heavy atom. The van der Waals surface area contributed by atoms with Gasteiger partial charge in [0.05, 0.1) is 11.8 Å². The molecule has 1 aliphatic heterocycles. The second-order valence-corrected chi connectivity index (χ2v) is 6.07. The first-order valence-corrected chi connectivity index (χ1v) is 7.83. The molecule has 2 amide bonds. The highest BCUT2D eigenvalue weighted by Crippen LogP contribution is 2.29. The number of carboxylic acid groups (broad SMARTS) is 1. The van der Waals surface area contributed by atoms with Gasteiger partial charge in [0, 0.05) is 25.6 Å². The van der Waals surface area contributed by atoms with Gasteiger partial charge in [0.1, 0.15) is 0 Å². The lowest BCUT2D eigenvalue weighted by Crippen LogP contribution is -2.39. The Kier molecular flexibility index (Phi) is 5.20. The standard InChI is InChI=1S/C15H24N2O4/c1-2-10(15(20)21)8-16-14(19)11-7-13(18)17(9-11)12-5-3-4-6-12/h10-12H,2-9H2,1H3,(H,16,19)(H,20,21). The van der Waals surface area contributed by atoms with Gasteiger partial charge in [-0.2, -0.15) is 0 Å². The van der Waals surface area contributed by atoms with Crippen molar-refractivity contribution in [3.63, 3.8) is 0 Å². The molecule has 2 unspecified atom stereocenters. The van der Waals surface area contributed by atoms with Crippen LogP contribution in [0.15, 0.2) is 0 Å². The summed E-state index contributed by atoms with van der Waals surface area (Å²) in [5.74, 6) is -1.91. The summed E-state index contributed by atoms with van der Waals surface area (Å²) in [6, 6.07) is 0.303. The quantitative estimate of drug-likeness (QED) is 0.765. The monoisotopic (exact) mass is 296 g/mol. The van der Waals surface area contributed by atoms with Crippen LogP contribution in [0.2, 0.25) is 0 Å². The van der Waals surface area contributed by atoms with Crippen LogP contribution >= 0.6 is 0 Å². The topological polar surface area (TPSA) is 86.7 Å². The van der Waals surface area contributed by atoms with Crippen LogP contribution in [0.5, 0.6) is 0 Å². The summed E-state index contributed by atoms with van der Waals surface area (Å²) in [4.78, 5) is 36.9. The van der Waals surface area contributed by atoms with Crippen molar-refractivity contribution < 1.29 is 19.5 Å². The smallest absolute Gasteiger partial charge is 0.308 e. The van der Waals surface area contributed by atoms with Gasteiger partial charge in [0.15, 0.2) is 0 Å². The fraction of sp³-hybridized carbons (Fsp3) is 0.800. The Balaban J connectivity index is 1.83. The summed E-state index contributed by atoms with van der Waals surface area (Å²) in [7, 11) is 0. The zero-order valence-electron chi connectivity index (χ0n) is 12.5.